The van der Waals surface area contributed by atoms with Crippen molar-refractivity contribution >= 4 is 18.6 Å². The molecule has 4 nitrogen and oxygen atoms in total. The van der Waals surface area contributed by atoms with Crippen molar-refractivity contribution in [1.29, 1.82) is 0 Å². The van der Waals surface area contributed by atoms with Crippen LogP contribution in [0.15, 0.2) is 0 Å². The maximum atomic E-state index is 5.44. The Labute approximate surface area is 63.7 Å². The van der Waals surface area contributed by atoms with Crippen LogP contribution in [0, 0.1) is 0 Å². The summed E-state index contributed by atoms with van der Waals surface area (Å²) in [6.45, 7) is 4.58. The van der Waals surface area contributed by atoms with Gasteiger partial charge in [0.2, 0.25) is 0 Å². The van der Waals surface area contributed by atoms with Gasteiger partial charge in [-0.05, 0) is 13.1 Å². The van der Waals surface area contributed by atoms with Crippen LogP contribution >= 0.6 is 0 Å². The first-order valence-corrected chi connectivity index (χ1v) is 7.45. The van der Waals surface area contributed by atoms with E-state index < -0.39 is 18.6 Å². The summed E-state index contributed by atoms with van der Waals surface area (Å²) in [5.41, 5.74) is 0. The third kappa shape index (κ3) is 2.91. The molecular formula is C4H12O4Si2. The Bertz CT molecular complexity index is 91.3. The molecular weight excluding hydrogens is 168 g/mol. The lowest BCUT2D eigenvalue weighted by Gasteiger charge is -2.21. The van der Waals surface area contributed by atoms with Gasteiger partial charge in [0.25, 0.3) is 0 Å². The first kappa shape index (κ1) is 8.37. The molecule has 6 heteroatoms. The van der Waals surface area contributed by atoms with Crippen molar-refractivity contribution in [1.82, 2.24) is 0 Å². The average Bonchev–Trinajstić information content (AvgIpc) is 1.83. The van der Waals surface area contributed by atoms with Gasteiger partial charge in [0.05, 0.1) is 0 Å². The van der Waals surface area contributed by atoms with Crippen molar-refractivity contribution in [2.75, 3.05) is 13.6 Å². The first-order valence-electron chi connectivity index (χ1n) is 3.25. The molecule has 1 rings (SSSR count). The predicted octanol–water partition coefficient (Wildman–Crippen LogP) is -0.318. The van der Waals surface area contributed by atoms with Gasteiger partial charge in [-0.15, -0.1) is 0 Å². The standard InChI is InChI=1S/C4H12O4Si2/c1-9-6-3-5-4-7-10(2)8-9/h9-10H,3-4H2,1-2H3. The van der Waals surface area contributed by atoms with Gasteiger partial charge in [-0.25, -0.2) is 0 Å². The van der Waals surface area contributed by atoms with Crippen LogP contribution in [0.3, 0.4) is 0 Å². The van der Waals surface area contributed by atoms with Crippen molar-refractivity contribution in [2.45, 2.75) is 13.1 Å². The fourth-order valence-corrected chi connectivity index (χ4v) is 4.03. The number of hydrogen-bond donors (Lipinski definition) is 0. The Hall–Kier alpha value is 0.274. The molecule has 1 heterocycles. The lowest BCUT2D eigenvalue weighted by atomic mass is 11.4. The summed E-state index contributed by atoms with van der Waals surface area (Å²) in [4.78, 5) is 0. The molecule has 0 aromatic heterocycles. The zero-order valence-corrected chi connectivity index (χ0v) is 8.51. The number of rotatable bonds is 0. The van der Waals surface area contributed by atoms with Gasteiger partial charge in [-0.3, -0.25) is 0 Å². The Morgan fingerprint density at radius 3 is 2.00 bits per heavy atom. The maximum absolute atomic E-state index is 5.44. The zero-order chi connectivity index (χ0) is 7.40. The second-order valence-electron chi connectivity index (χ2n) is 2.04. The molecule has 1 saturated heterocycles. The van der Waals surface area contributed by atoms with E-state index in [0.717, 1.165) is 0 Å². The SMILES string of the molecule is C[SiH]1OCOCO[SiH](C)O1. The van der Waals surface area contributed by atoms with Gasteiger partial charge >= 0.3 is 18.6 Å². The molecule has 2 unspecified atom stereocenters. The Kier molecular flexibility index (Phi) is 3.53. The molecule has 0 aliphatic carbocycles. The molecule has 0 radical (unpaired) electrons. The van der Waals surface area contributed by atoms with Gasteiger partial charge in [-0.1, -0.05) is 0 Å². The van der Waals surface area contributed by atoms with Crippen LogP contribution in [0.25, 0.3) is 0 Å². The summed E-state index contributed by atoms with van der Waals surface area (Å²) in [6, 6.07) is 0. The molecule has 0 aromatic carbocycles. The summed E-state index contributed by atoms with van der Waals surface area (Å²) in [6.07, 6.45) is 0. The highest BCUT2D eigenvalue weighted by molar-refractivity contribution is 6.57. The molecule has 1 fully saturated rings. The van der Waals surface area contributed by atoms with Crippen LogP contribution in [0.4, 0.5) is 0 Å². The van der Waals surface area contributed by atoms with E-state index >= 15 is 0 Å². The average molecular weight is 180 g/mol. The van der Waals surface area contributed by atoms with Crippen LogP contribution in [0.2, 0.25) is 13.1 Å². The summed E-state index contributed by atoms with van der Waals surface area (Å²) >= 11 is 0. The topological polar surface area (TPSA) is 36.9 Å². The van der Waals surface area contributed by atoms with Gasteiger partial charge in [0, 0.05) is 0 Å². The highest BCUT2D eigenvalue weighted by Gasteiger charge is 2.15. The fourth-order valence-electron chi connectivity index (χ4n) is 0.670. The summed E-state index contributed by atoms with van der Waals surface area (Å²) in [5.74, 6) is 0. The van der Waals surface area contributed by atoms with E-state index in [1.807, 2.05) is 13.1 Å². The summed E-state index contributed by atoms with van der Waals surface area (Å²) in [7, 11) is -2.83. The van der Waals surface area contributed by atoms with Crippen LogP contribution in [0.1, 0.15) is 0 Å². The summed E-state index contributed by atoms with van der Waals surface area (Å²) in [5, 5.41) is 0. The minimum atomic E-state index is -1.41. The normalized spacial score (nSPS) is 36.6. The quantitative estimate of drug-likeness (QED) is 0.479. The maximum Gasteiger partial charge on any atom is 0.311 e. The van der Waals surface area contributed by atoms with Crippen molar-refractivity contribution < 1.29 is 17.7 Å². The van der Waals surface area contributed by atoms with Crippen LogP contribution < -0.4 is 0 Å². The monoisotopic (exact) mass is 180 g/mol. The Balaban J connectivity index is 2.25. The molecule has 2 atom stereocenters. The minimum Gasteiger partial charge on any atom is -0.419 e. The van der Waals surface area contributed by atoms with Gasteiger partial charge in [0.1, 0.15) is 13.6 Å². The van der Waals surface area contributed by atoms with Crippen LogP contribution in [-0.2, 0) is 17.7 Å². The van der Waals surface area contributed by atoms with E-state index in [-0.39, 0.29) is 0 Å². The fraction of sp³-hybridized carbons (Fsp3) is 1.00. The third-order valence-electron chi connectivity index (χ3n) is 1.16. The molecule has 0 bridgehead atoms. The zero-order valence-electron chi connectivity index (χ0n) is 6.20. The lowest BCUT2D eigenvalue weighted by Crippen LogP contribution is -2.33. The molecule has 1 aliphatic rings. The van der Waals surface area contributed by atoms with Crippen molar-refractivity contribution in [3.63, 3.8) is 0 Å². The molecule has 0 aromatic rings. The minimum absolute atomic E-state index is 0.314. The van der Waals surface area contributed by atoms with Gasteiger partial charge < -0.3 is 17.7 Å². The van der Waals surface area contributed by atoms with E-state index in [2.05, 4.69) is 0 Å². The van der Waals surface area contributed by atoms with Crippen molar-refractivity contribution in [2.24, 2.45) is 0 Å². The van der Waals surface area contributed by atoms with Gasteiger partial charge in [0.15, 0.2) is 0 Å². The second-order valence-corrected chi connectivity index (χ2v) is 6.07. The number of ether oxygens (including phenoxy) is 1. The highest BCUT2D eigenvalue weighted by atomic mass is 28.4. The first-order chi connectivity index (χ1) is 4.79. The largest absolute Gasteiger partial charge is 0.419 e. The van der Waals surface area contributed by atoms with E-state index in [4.69, 9.17) is 17.7 Å². The second kappa shape index (κ2) is 4.21. The molecule has 0 amide bonds. The smallest absolute Gasteiger partial charge is 0.311 e. The van der Waals surface area contributed by atoms with Crippen molar-refractivity contribution in [3.8, 4) is 0 Å². The van der Waals surface area contributed by atoms with E-state index in [1.54, 1.807) is 0 Å². The van der Waals surface area contributed by atoms with Crippen LogP contribution in [-0.4, -0.2) is 32.2 Å². The van der Waals surface area contributed by atoms with Crippen LogP contribution in [0.5, 0.6) is 0 Å². The predicted molar refractivity (Wildman–Crippen MR) is 40.1 cm³/mol. The Morgan fingerprint density at radius 2 is 1.50 bits per heavy atom. The lowest BCUT2D eigenvalue weighted by molar-refractivity contribution is -0.0778. The Morgan fingerprint density at radius 1 is 1.00 bits per heavy atom. The van der Waals surface area contributed by atoms with Crippen molar-refractivity contribution in [3.05, 3.63) is 0 Å². The highest BCUT2D eigenvalue weighted by Crippen LogP contribution is 1.99. The molecule has 0 spiro atoms. The van der Waals surface area contributed by atoms with E-state index in [1.165, 1.54) is 0 Å². The van der Waals surface area contributed by atoms with E-state index in [9.17, 15) is 0 Å². The van der Waals surface area contributed by atoms with Gasteiger partial charge in [-0.2, -0.15) is 0 Å². The molecule has 1 aliphatic heterocycles. The summed E-state index contributed by atoms with van der Waals surface area (Å²) < 4.78 is 20.8. The molecule has 0 saturated carbocycles. The molecule has 0 N–H and O–H groups in total. The molecule has 10 heavy (non-hydrogen) atoms. The molecule has 60 valence electrons. The number of hydrogen-bond acceptors (Lipinski definition) is 4. The van der Waals surface area contributed by atoms with E-state index in [0.29, 0.717) is 13.6 Å². The third-order valence-corrected chi connectivity index (χ3v) is 5.43.